The highest BCUT2D eigenvalue weighted by Gasteiger charge is 2.31. The second kappa shape index (κ2) is 11.5. The molecular weight excluding hydrogens is 408 g/mol. The molecule has 158 valence electrons. The van der Waals surface area contributed by atoms with Crippen molar-refractivity contribution in [2.45, 2.75) is 50.6 Å². The Labute approximate surface area is 171 Å². The van der Waals surface area contributed by atoms with Gasteiger partial charge in [0.2, 0.25) is 12.1 Å². The Morgan fingerprint density at radius 2 is 1.25 bits per heavy atom. The summed E-state index contributed by atoms with van der Waals surface area (Å²) in [4.78, 5) is 23.0. The molecule has 0 aromatic carbocycles. The number of amidine groups is 2. The van der Waals surface area contributed by atoms with Crippen molar-refractivity contribution in [2.24, 2.45) is 0 Å². The fourth-order valence-corrected chi connectivity index (χ4v) is 5.50. The van der Waals surface area contributed by atoms with E-state index < -0.39 is 24.0 Å². The summed E-state index contributed by atoms with van der Waals surface area (Å²) in [5.74, 6) is -0.473. The second-order valence-electron chi connectivity index (χ2n) is 6.89. The molecule has 0 bridgehead atoms. The molecule has 6 N–H and O–H groups in total. The van der Waals surface area contributed by atoms with Gasteiger partial charge in [0.1, 0.15) is 0 Å². The molecule has 0 amide bonds. The number of hydrogen-bond acceptors (Lipinski definition) is 6. The average molecular weight is 437 g/mol. The summed E-state index contributed by atoms with van der Waals surface area (Å²) in [5, 5.41) is 45.5. The monoisotopic (exact) mass is 436 g/mol. The molecule has 0 aromatic heterocycles. The number of rotatable bonds is 9. The van der Waals surface area contributed by atoms with Crippen LogP contribution in [0.5, 0.6) is 0 Å². The molecule has 28 heavy (non-hydrogen) atoms. The van der Waals surface area contributed by atoms with E-state index in [1.165, 1.54) is 32.2 Å². The zero-order valence-corrected chi connectivity index (χ0v) is 17.3. The minimum Gasteiger partial charge on any atom is -0.620 e. The van der Waals surface area contributed by atoms with Crippen LogP contribution in [0.3, 0.4) is 0 Å². The standard InChI is InChI=1S/C16H26N4O6S2/c21-15(22)11(17-13-5-1-3-7-19(13)25)9-27-28-10-12(16(23)24)18-14-6-2-4-8-20(14)26/h11-12,17-18H,1-10H2,(H,21,22)(H,23,24)/p+2/t11-,12-/m0/s1. The SMILES string of the molecule is O=C(O)[C@H](CSSC[C@H]([NH2+]C1=[N+]([O-])CCCC1)C(=O)O)[NH2+]C1=[N+]([O-])CCCC1. The quantitative estimate of drug-likeness (QED) is 0.148. The summed E-state index contributed by atoms with van der Waals surface area (Å²) in [6.07, 6.45) is 4.57. The molecule has 0 unspecified atom stereocenters. The molecule has 0 fully saturated rings. The van der Waals surface area contributed by atoms with Crippen LogP contribution in [-0.4, -0.2) is 80.0 Å². The van der Waals surface area contributed by atoms with E-state index in [4.69, 9.17) is 0 Å². The lowest BCUT2D eigenvalue weighted by Gasteiger charge is -2.17. The van der Waals surface area contributed by atoms with Crippen LogP contribution < -0.4 is 10.6 Å². The molecule has 0 saturated carbocycles. The highest BCUT2D eigenvalue weighted by Crippen LogP contribution is 2.22. The second-order valence-corrected chi connectivity index (χ2v) is 9.45. The zero-order chi connectivity index (χ0) is 20.5. The van der Waals surface area contributed by atoms with E-state index in [0.29, 0.717) is 37.6 Å². The molecule has 0 spiro atoms. The lowest BCUT2D eigenvalue weighted by atomic mass is 10.1. The number of hydroxylamine groups is 2. The number of nitrogens with two attached hydrogens (primary N) is 2. The molecule has 2 atom stereocenters. The van der Waals surface area contributed by atoms with Crippen LogP contribution in [-0.2, 0) is 9.59 Å². The minimum atomic E-state index is -0.999. The highest BCUT2D eigenvalue weighted by molar-refractivity contribution is 8.76. The van der Waals surface area contributed by atoms with E-state index in [-0.39, 0.29) is 11.5 Å². The minimum absolute atomic E-state index is 0.244. The van der Waals surface area contributed by atoms with Crippen molar-refractivity contribution >= 4 is 45.2 Å². The summed E-state index contributed by atoms with van der Waals surface area (Å²) in [7, 11) is 2.55. The van der Waals surface area contributed by atoms with Gasteiger partial charge in [-0.3, -0.25) is 0 Å². The number of aliphatic carboxylic acids is 2. The predicted octanol–water partition coefficient (Wildman–Crippen LogP) is -1.41. The third-order valence-electron chi connectivity index (χ3n) is 4.73. The molecule has 0 radical (unpaired) electrons. The summed E-state index contributed by atoms with van der Waals surface area (Å²) < 4.78 is 1.73. The van der Waals surface area contributed by atoms with Crippen molar-refractivity contribution in [3.05, 3.63) is 10.4 Å². The van der Waals surface area contributed by atoms with E-state index in [1.54, 1.807) is 0 Å². The number of carboxylic acids is 2. The van der Waals surface area contributed by atoms with E-state index in [9.17, 15) is 30.2 Å². The third-order valence-corrected chi connectivity index (χ3v) is 7.20. The fourth-order valence-electron chi connectivity index (χ4n) is 3.08. The smallest absolute Gasteiger partial charge is 0.363 e. The molecule has 0 saturated heterocycles. The van der Waals surface area contributed by atoms with Gasteiger partial charge in [-0.2, -0.15) is 9.48 Å². The number of quaternary nitrogens is 2. The number of hydrogen-bond donors (Lipinski definition) is 4. The van der Waals surface area contributed by atoms with Crippen molar-refractivity contribution in [1.82, 2.24) is 0 Å². The first-order valence-electron chi connectivity index (χ1n) is 9.39. The molecular formula is C16H28N4O6S2+2. The molecule has 2 aliphatic rings. The maximum absolute atomic E-state index is 11.8. The Morgan fingerprint density at radius 1 is 0.857 bits per heavy atom. The topological polar surface area (TPSA) is 160 Å². The van der Waals surface area contributed by atoms with Gasteiger partial charge in [-0.1, -0.05) is 21.6 Å². The van der Waals surface area contributed by atoms with Gasteiger partial charge in [0, 0.05) is 12.8 Å². The first-order chi connectivity index (χ1) is 13.4. The molecule has 10 nitrogen and oxygen atoms in total. The normalized spacial score (nSPS) is 20.1. The summed E-state index contributed by atoms with van der Waals surface area (Å²) in [6.45, 7) is 0.789. The predicted molar refractivity (Wildman–Crippen MR) is 106 cm³/mol. The van der Waals surface area contributed by atoms with Gasteiger partial charge >= 0.3 is 23.6 Å². The van der Waals surface area contributed by atoms with Crippen molar-refractivity contribution in [2.75, 3.05) is 24.6 Å². The number of carboxylic acid groups (broad SMARTS) is 2. The van der Waals surface area contributed by atoms with E-state index in [0.717, 1.165) is 35.2 Å². The first kappa shape index (κ1) is 22.8. The van der Waals surface area contributed by atoms with Gasteiger partial charge in [-0.15, -0.1) is 0 Å². The maximum atomic E-state index is 11.8. The lowest BCUT2D eigenvalue weighted by Crippen LogP contribution is -2.97. The van der Waals surface area contributed by atoms with E-state index in [2.05, 4.69) is 0 Å². The number of carbonyl (C=O) groups is 2. The molecule has 0 aliphatic carbocycles. The Kier molecular flexibility index (Phi) is 9.35. The van der Waals surface area contributed by atoms with Gasteiger partial charge in [-0.05, 0) is 12.8 Å². The maximum Gasteiger partial charge on any atom is 0.363 e. The fraction of sp³-hybridized carbons (Fsp3) is 0.750. The van der Waals surface area contributed by atoms with Gasteiger partial charge < -0.3 is 20.6 Å². The van der Waals surface area contributed by atoms with Crippen LogP contribution in [0.25, 0.3) is 0 Å². The van der Waals surface area contributed by atoms with Gasteiger partial charge in [0.25, 0.3) is 0 Å². The molecule has 0 aromatic rings. The van der Waals surface area contributed by atoms with Gasteiger partial charge in [0.05, 0.1) is 24.3 Å². The Morgan fingerprint density at radius 3 is 1.57 bits per heavy atom. The highest BCUT2D eigenvalue weighted by atomic mass is 33.1. The Balaban J connectivity index is 1.81. The van der Waals surface area contributed by atoms with E-state index >= 15 is 0 Å². The molecule has 2 heterocycles. The Bertz CT molecular complexity index is 589. The Hall–Kier alpha value is -1.50. The van der Waals surface area contributed by atoms with E-state index in [1.807, 2.05) is 0 Å². The van der Waals surface area contributed by atoms with Crippen LogP contribution in [0.2, 0.25) is 0 Å². The van der Waals surface area contributed by atoms with Gasteiger partial charge in [0.15, 0.2) is 13.1 Å². The van der Waals surface area contributed by atoms with Crippen molar-refractivity contribution < 1.29 is 39.9 Å². The first-order valence-corrected chi connectivity index (χ1v) is 11.9. The lowest BCUT2D eigenvalue weighted by molar-refractivity contribution is -0.632. The van der Waals surface area contributed by atoms with Crippen LogP contribution >= 0.6 is 21.6 Å². The summed E-state index contributed by atoms with van der Waals surface area (Å²) >= 11 is 0. The zero-order valence-electron chi connectivity index (χ0n) is 15.6. The van der Waals surface area contributed by atoms with Crippen molar-refractivity contribution in [3.8, 4) is 0 Å². The molecule has 2 aliphatic heterocycles. The summed E-state index contributed by atoms with van der Waals surface area (Å²) in [6, 6.07) is -1.58. The van der Waals surface area contributed by atoms with Crippen LogP contribution in [0, 0.1) is 10.4 Å². The van der Waals surface area contributed by atoms with Crippen molar-refractivity contribution in [1.29, 1.82) is 0 Å². The number of nitrogens with zero attached hydrogens (tertiary/aromatic N) is 2. The largest absolute Gasteiger partial charge is 0.620 e. The van der Waals surface area contributed by atoms with Crippen molar-refractivity contribution in [3.63, 3.8) is 0 Å². The average Bonchev–Trinajstić information content (AvgIpc) is 2.65. The van der Waals surface area contributed by atoms with Crippen LogP contribution in [0.15, 0.2) is 0 Å². The molecule has 12 heteroatoms. The third kappa shape index (κ3) is 7.15. The summed E-state index contributed by atoms with van der Waals surface area (Å²) in [5.41, 5.74) is 0. The molecule has 2 rings (SSSR count). The van der Waals surface area contributed by atoms with Crippen LogP contribution in [0.4, 0.5) is 0 Å². The van der Waals surface area contributed by atoms with Gasteiger partial charge in [-0.25, -0.2) is 20.2 Å². The van der Waals surface area contributed by atoms with Crippen LogP contribution in [0.1, 0.15) is 38.5 Å².